The van der Waals surface area contributed by atoms with Gasteiger partial charge in [-0.2, -0.15) is 0 Å². The van der Waals surface area contributed by atoms with Crippen LogP contribution >= 0.6 is 0 Å². The van der Waals surface area contributed by atoms with E-state index in [4.69, 9.17) is 0 Å². The molecule has 1 aliphatic carbocycles. The molecule has 0 unspecified atom stereocenters. The van der Waals surface area contributed by atoms with Crippen LogP contribution < -0.4 is 5.32 Å². The molecule has 6 nitrogen and oxygen atoms in total. The van der Waals surface area contributed by atoms with Crippen molar-refractivity contribution < 1.29 is 14.4 Å². The maximum Gasteiger partial charge on any atom is 0.244 e. The molecule has 28 heavy (non-hydrogen) atoms. The molecule has 1 N–H and O–H groups in total. The largest absolute Gasteiger partial charge is 0.342 e. The molecule has 6 heteroatoms. The number of hydrogen-bond acceptors (Lipinski definition) is 3. The zero-order valence-electron chi connectivity index (χ0n) is 16.9. The van der Waals surface area contributed by atoms with Crippen molar-refractivity contribution in [2.24, 2.45) is 11.8 Å². The fourth-order valence-electron chi connectivity index (χ4n) is 3.81. The smallest absolute Gasteiger partial charge is 0.244 e. The second kappa shape index (κ2) is 9.22. The van der Waals surface area contributed by atoms with Crippen LogP contribution in [0.4, 0.5) is 5.69 Å². The van der Waals surface area contributed by atoms with Gasteiger partial charge in [0, 0.05) is 37.2 Å². The molecule has 1 aliphatic heterocycles. The minimum absolute atomic E-state index is 0.0419. The van der Waals surface area contributed by atoms with E-state index in [1.807, 2.05) is 43.0 Å². The first-order valence-corrected chi connectivity index (χ1v) is 10.4. The van der Waals surface area contributed by atoms with Crippen molar-refractivity contribution in [1.82, 2.24) is 9.80 Å². The van der Waals surface area contributed by atoms with Gasteiger partial charge in [-0.1, -0.05) is 25.1 Å². The first-order chi connectivity index (χ1) is 13.5. The highest BCUT2D eigenvalue weighted by molar-refractivity contribution is 5.95. The quantitative estimate of drug-likeness (QED) is 0.785. The molecule has 0 spiro atoms. The summed E-state index contributed by atoms with van der Waals surface area (Å²) in [5.41, 5.74) is 1.78. The Morgan fingerprint density at radius 3 is 2.36 bits per heavy atom. The fourth-order valence-corrected chi connectivity index (χ4v) is 3.81. The third kappa shape index (κ3) is 5.12. The van der Waals surface area contributed by atoms with Gasteiger partial charge in [0.1, 0.15) is 0 Å². The van der Waals surface area contributed by atoms with E-state index in [0.717, 1.165) is 30.5 Å². The third-order valence-corrected chi connectivity index (χ3v) is 5.64. The fraction of sp³-hybridized carbons (Fsp3) is 0.591. The van der Waals surface area contributed by atoms with Crippen molar-refractivity contribution in [3.63, 3.8) is 0 Å². The molecular formula is C22H31N3O3. The van der Waals surface area contributed by atoms with Crippen molar-refractivity contribution in [2.75, 3.05) is 31.5 Å². The molecule has 1 saturated heterocycles. The van der Waals surface area contributed by atoms with Gasteiger partial charge in [-0.15, -0.1) is 0 Å². The summed E-state index contributed by atoms with van der Waals surface area (Å²) < 4.78 is 0. The number of anilines is 1. The monoisotopic (exact) mass is 385 g/mol. The highest BCUT2D eigenvalue weighted by Gasteiger charge is 2.36. The maximum absolute atomic E-state index is 13.0. The molecule has 3 rings (SSSR count). The van der Waals surface area contributed by atoms with E-state index in [2.05, 4.69) is 5.32 Å². The lowest BCUT2D eigenvalue weighted by molar-refractivity contribution is -0.142. The van der Waals surface area contributed by atoms with Gasteiger partial charge in [-0.3, -0.25) is 14.4 Å². The van der Waals surface area contributed by atoms with Crippen LogP contribution in [0.15, 0.2) is 24.3 Å². The number of para-hydroxylation sites is 1. The van der Waals surface area contributed by atoms with Crippen molar-refractivity contribution in [3.8, 4) is 0 Å². The van der Waals surface area contributed by atoms with Crippen molar-refractivity contribution in [3.05, 3.63) is 29.8 Å². The molecule has 1 heterocycles. The van der Waals surface area contributed by atoms with Crippen LogP contribution in [0.5, 0.6) is 0 Å². The molecule has 0 atom stereocenters. The number of nitrogens with one attached hydrogen (secondary N) is 1. The first kappa shape index (κ1) is 20.4. The number of likely N-dealkylation sites (tertiary alicyclic amines) is 1. The van der Waals surface area contributed by atoms with E-state index in [1.165, 1.54) is 0 Å². The van der Waals surface area contributed by atoms with Gasteiger partial charge in [-0.25, -0.2) is 0 Å². The van der Waals surface area contributed by atoms with Crippen molar-refractivity contribution in [2.45, 2.75) is 46.0 Å². The molecular weight excluding hydrogens is 354 g/mol. The van der Waals surface area contributed by atoms with Gasteiger partial charge in [-0.05, 0) is 50.7 Å². The van der Waals surface area contributed by atoms with Crippen molar-refractivity contribution >= 4 is 23.4 Å². The first-order valence-electron chi connectivity index (χ1n) is 10.4. The lowest BCUT2D eigenvalue weighted by Gasteiger charge is -2.34. The predicted octanol–water partition coefficient (Wildman–Crippen LogP) is 2.82. The zero-order chi connectivity index (χ0) is 20.1. The van der Waals surface area contributed by atoms with Gasteiger partial charge < -0.3 is 15.1 Å². The second-order valence-corrected chi connectivity index (χ2v) is 8.00. The Labute approximate surface area is 167 Å². The van der Waals surface area contributed by atoms with Crippen LogP contribution in [0.1, 0.15) is 44.6 Å². The Morgan fingerprint density at radius 1 is 1.07 bits per heavy atom. The third-order valence-electron chi connectivity index (χ3n) is 5.64. The van der Waals surface area contributed by atoms with E-state index < -0.39 is 0 Å². The molecule has 1 saturated carbocycles. The average molecular weight is 386 g/mol. The summed E-state index contributed by atoms with van der Waals surface area (Å²) in [6.07, 6.45) is 4.21. The number of rotatable bonds is 7. The molecule has 152 valence electrons. The van der Waals surface area contributed by atoms with E-state index in [1.54, 1.807) is 4.90 Å². The Hall–Kier alpha value is -2.37. The number of benzene rings is 1. The van der Waals surface area contributed by atoms with Crippen LogP contribution in [0.3, 0.4) is 0 Å². The minimum Gasteiger partial charge on any atom is -0.342 e. The summed E-state index contributed by atoms with van der Waals surface area (Å²) in [7, 11) is 0. The molecule has 1 aromatic rings. The van der Waals surface area contributed by atoms with E-state index in [0.29, 0.717) is 32.5 Å². The lowest BCUT2D eigenvalue weighted by atomic mass is 9.94. The molecule has 0 bridgehead atoms. The Bertz CT molecular complexity index is 721. The predicted molar refractivity (Wildman–Crippen MR) is 109 cm³/mol. The summed E-state index contributed by atoms with van der Waals surface area (Å²) in [6, 6.07) is 7.62. The normalized spacial score (nSPS) is 17.3. The van der Waals surface area contributed by atoms with Gasteiger partial charge in [0.05, 0.1) is 6.54 Å². The highest BCUT2D eigenvalue weighted by Crippen LogP contribution is 2.32. The van der Waals surface area contributed by atoms with Crippen LogP contribution in [0.25, 0.3) is 0 Å². The van der Waals surface area contributed by atoms with Crippen molar-refractivity contribution in [1.29, 1.82) is 0 Å². The standard InChI is InChI=1S/C22H31N3O3/c1-3-12-25(15-20(26)23-19-7-5-4-6-16(19)2)22(28)18-10-13-24(14-11-18)21(27)17-8-9-17/h4-7,17-18H,3,8-15H2,1-2H3,(H,23,26). The van der Waals surface area contributed by atoms with E-state index in [9.17, 15) is 14.4 Å². The second-order valence-electron chi connectivity index (χ2n) is 8.00. The number of amides is 3. The Balaban J connectivity index is 1.54. The Morgan fingerprint density at radius 2 is 1.75 bits per heavy atom. The number of carbonyl (C=O) groups excluding carboxylic acids is 3. The maximum atomic E-state index is 13.0. The summed E-state index contributed by atoms with van der Waals surface area (Å²) in [6.45, 7) is 5.91. The summed E-state index contributed by atoms with van der Waals surface area (Å²) in [5, 5.41) is 2.91. The molecule has 2 aliphatic rings. The SMILES string of the molecule is CCCN(CC(=O)Nc1ccccc1C)C(=O)C1CCN(C(=O)C2CC2)CC1. The zero-order valence-corrected chi connectivity index (χ0v) is 16.9. The van der Waals surface area contributed by atoms with E-state index in [-0.39, 0.29) is 36.1 Å². The number of hydrogen-bond donors (Lipinski definition) is 1. The number of aryl methyl sites for hydroxylation is 1. The van der Waals surface area contributed by atoms with Crippen LogP contribution in [0, 0.1) is 18.8 Å². The van der Waals surface area contributed by atoms with E-state index >= 15 is 0 Å². The molecule has 3 amide bonds. The van der Waals surface area contributed by atoms with Gasteiger partial charge in [0.2, 0.25) is 17.7 Å². The molecule has 2 fully saturated rings. The summed E-state index contributed by atoms with van der Waals surface area (Å²) in [4.78, 5) is 41.3. The van der Waals surface area contributed by atoms with Crippen LogP contribution in [0.2, 0.25) is 0 Å². The number of nitrogens with zero attached hydrogens (tertiary/aromatic N) is 2. The number of carbonyl (C=O) groups is 3. The van der Waals surface area contributed by atoms with Gasteiger partial charge >= 0.3 is 0 Å². The van der Waals surface area contributed by atoms with Gasteiger partial charge in [0.25, 0.3) is 0 Å². The van der Waals surface area contributed by atoms with Crippen LogP contribution in [-0.4, -0.2) is 53.7 Å². The minimum atomic E-state index is -0.169. The summed E-state index contributed by atoms with van der Waals surface area (Å²) >= 11 is 0. The van der Waals surface area contributed by atoms with Gasteiger partial charge in [0.15, 0.2) is 0 Å². The molecule has 0 radical (unpaired) electrons. The number of piperidine rings is 1. The lowest BCUT2D eigenvalue weighted by Crippen LogP contribution is -2.46. The van der Waals surface area contributed by atoms with Crippen LogP contribution in [-0.2, 0) is 14.4 Å². The average Bonchev–Trinajstić information content (AvgIpc) is 3.54. The topological polar surface area (TPSA) is 69.7 Å². The molecule has 1 aromatic carbocycles. The highest BCUT2D eigenvalue weighted by atomic mass is 16.2. The summed E-state index contributed by atoms with van der Waals surface area (Å²) in [5.74, 6) is 0.265. The molecule has 0 aromatic heterocycles. The Kier molecular flexibility index (Phi) is 6.70.